The van der Waals surface area contributed by atoms with Gasteiger partial charge in [0.25, 0.3) is 0 Å². The highest BCUT2D eigenvalue weighted by molar-refractivity contribution is 5.43. The SMILES string of the molecule is Cc1nc(C#N)cc(N(C)Cc2ccccc2C)n1. The Hall–Kier alpha value is -2.41. The second-order valence-electron chi connectivity index (χ2n) is 4.55. The zero-order chi connectivity index (χ0) is 13.8. The van der Waals surface area contributed by atoms with E-state index in [9.17, 15) is 0 Å². The lowest BCUT2D eigenvalue weighted by Gasteiger charge is -2.19. The molecule has 96 valence electrons. The Morgan fingerprint density at radius 3 is 2.63 bits per heavy atom. The molecular formula is C15H16N4. The maximum Gasteiger partial charge on any atom is 0.146 e. The second kappa shape index (κ2) is 5.49. The molecule has 0 saturated heterocycles. The molecule has 0 aliphatic heterocycles. The van der Waals surface area contributed by atoms with E-state index >= 15 is 0 Å². The first kappa shape index (κ1) is 13.0. The first-order valence-corrected chi connectivity index (χ1v) is 6.11. The van der Waals surface area contributed by atoms with Crippen molar-refractivity contribution in [3.63, 3.8) is 0 Å². The van der Waals surface area contributed by atoms with Crippen LogP contribution >= 0.6 is 0 Å². The maximum atomic E-state index is 8.94. The number of aryl methyl sites for hydroxylation is 2. The van der Waals surface area contributed by atoms with Gasteiger partial charge in [-0.2, -0.15) is 5.26 Å². The van der Waals surface area contributed by atoms with Gasteiger partial charge in [0.05, 0.1) is 0 Å². The van der Waals surface area contributed by atoms with Crippen molar-refractivity contribution < 1.29 is 0 Å². The van der Waals surface area contributed by atoms with Crippen LogP contribution in [0.15, 0.2) is 30.3 Å². The van der Waals surface area contributed by atoms with Gasteiger partial charge in [-0.25, -0.2) is 9.97 Å². The number of aromatic nitrogens is 2. The lowest BCUT2D eigenvalue weighted by molar-refractivity contribution is 0.871. The minimum Gasteiger partial charge on any atom is -0.355 e. The fourth-order valence-electron chi connectivity index (χ4n) is 1.93. The standard InChI is InChI=1S/C15H16N4/c1-11-6-4-5-7-13(11)10-19(3)15-8-14(9-16)17-12(2)18-15/h4-8H,10H2,1-3H3. The van der Waals surface area contributed by atoms with Gasteiger partial charge in [-0.15, -0.1) is 0 Å². The molecule has 0 bridgehead atoms. The minimum absolute atomic E-state index is 0.402. The summed E-state index contributed by atoms with van der Waals surface area (Å²) in [7, 11) is 1.97. The summed E-state index contributed by atoms with van der Waals surface area (Å²) in [6.07, 6.45) is 0. The molecule has 19 heavy (non-hydrogen) atoms. The van der Waals surface area contributed by atoms with Crippen molar-refractivity contribution in [1.82, 2.24) is 9.97 Å². The Morgan fingerprint density at radius 1 is 1.21 bits per heavy atom. The molecule has 2 rings (SSSR count). The van der Waals surface area contributed by atoms with E-state index in [0.29, 0.717) is 11.5 Å². The van der Waals surface area contributed by atoms with Crippen LogP contribution in [0.5, 0.6) is 0 Å². The molecule has 0 amide bonds. The summed E-state index contributed by atoms with van der Waals surface area (Å²) >= 11 is 0. The van der Waals surface area contributed by atoms with Crippen molar-refractivity contribution in [2.45, 2.75) is 20.4 Å². The van der Waals surface area contributed by atoms with E-state index in [0.717, 1.165) is 12.4 Å². The summed E-state index contributed by atoms with van der Waals surface area (Å²) in [6.45, 7) is 4.65. The van der Waals surface area contributed by atoms with Gasteiger partial charge >= 0.3 is 0 Å². The van der Waals surface area contributed by atoms with E-state index in [1.807, 2.05) is 24.1 Å². The van der Waals surface area contributed by atoms with E-state index in [4.69, 9.17) is 5.26 Å². The third kappa shape index (κ3) is 3.08. The van der Waals surface area contributed by atoms with E-state index in [-0.39, 0.29) is 0 Å². The largest absolute Gasteiger partial charge is 0.355 e. The number of hydrogen-bond donors (Lipinski definition) is 0. The third-order valence-electron chi connectivity index (χ3n) is 3.00. The lowest BCUT2D eigenvalue weighted by Crippen LogP contribution is -2.19. The number of rotatable bonds is 3. The quantitative estimate of drug-likeness (QED) is 0.842. The van der Waals surface area contributed by atoms with Crippen LogP contribution < -0.4 is 4.90 Å². The van der Waals surface area contributed by atoms with E-state index in [1.54, 1.807) is 13.0 Å². The molecule has 0 N–H and O–H groups in total. The molecule has 0 aliphatic rings. The van der Waals surface area contributed by atoms with E-state index < -0.39 is 0 Å². The fourth-order valence-corrected chi connectivity index (χ4v) is 1.93. The Bertz CT molecular complexity index is 628. The monoisotopic (exact) mass is 252 g/mol. The highest BCUT2D eigenvalue weighted by Gasteiger charge is 2.08. The van der Waals surface area contributed by atoms with Crippen LogP contribution in [0.4, 0.5) is 5.82 Å². The van der Waals surface area contributed by atoms with Crippen LogP contribution in [0.2, 0.25) is 0 Å². The first-order chi connectivity index (χ1) is 9.10. The van der Waals surface area contributed by atoms with Gasteiger partial charge in [0.1, 0.15) is 23.4 Å². The Labute approximate surface area is 113 Å². The summed E-state index contributed by atoms with van der Waals surface area (Å²) < 4.78 is 0. The molecule has 4 nitrogen and oxygen atoms in total. The molecule has 4 heteroatoms. The van der Waals surface area contributed by atoms with Crippen LogP contribution in [0, 0.1) is 25.2 Å². The van der Waals surface area contributed by atoms with Gasteiger partial charge in [0, 0.05) is 19.7 Å². The van der Waals surface area contributed by atoms with E-state index in [2.05, 4.69) is 35.1 Å². The summed E-state index contributed by atoms with van der Waals surface area (Å²) in [4.78, 5) is 10.5. The Balaban J connectivity index is 2.26. The van der Waals surface area contributed by atoms with Gasteiger partial charge in [-0.05, 0) is 25.0 Å². The van der Waals surface area contributed by atoms with Gasteiger partial charge in [0.15, 0.2) is 0 Å². The third-order valence-corrected chi connectivity index (χ3v) is 3.00. The zero-order valence-corrected chi connectivity index (χ0v) is 11.4. The average Bonchev–Trinajstić information content (AvgIpc) is 2.40. The Kier molecular flexibility index (Phi) is 3.76. The van der Waals surface area contributed by atoms with Crippen molar-refractivity contribution >= 4 is 5.82 Å². The molecule has 1 aromatic heterocycles. The molecule has 0 spiro atoms. The fraction of sp³-hybridized carbons (Fsp3) is 0.267. The van der Waals surface area contributed by atoms with Crippen molar-refractivity contribution in [1.29, 1.82) is 5.26 Å². The summed E-state index contributed by atoms with van der Waals surface area (Å²) in [6, 6.07) is 12.0. The minimum atomic E-state index is 0.402. The van der Waals surface area contributed by atoms with Crippen LogP contribution in [0.25, 0.3) is 0 Å². The average molecular weight is 252 g/mol. The predicted octanol–water partition coefficient (Wildman–Crippen LogP) is 2.60. The normalized spacial score (nSPS) is 10.0. The molecule has 0 fully saturated rings. The van der Waals surface area contributed by atoms with Gasteiger partial charge in [-0.3, -0.25) is 0 Å². The molecular weight excluding hydrogens is 236 g/mol. The molecule has 1 aromatic carbocycles. The van der Waals surface area contributed by atoms with Gasteiger partial charge in [0.2, 0.25) is 0 Å². The van der Waals surface area contributed by atoms with Gasteiger partial charge < -0.3 is 4.90 Å². The topological polar surface area (TPSA) is 52.8 Å². The maximum absolute atomic E-state index is 8.94. The molecule has 0 radical (unpaired) electrons. The number of benzene rings is 1. The van der Waals surface area contributed by atoms with Crippen LogP contribution in [0.3, 0.4) is 0 Å². The zero-order valence-electron chi connectivity index (χ0n) is 11.4. The molecule has 1 heterocycles. The van der Waals surface area contributed by atoms with Crippen LogP contribution in [-0.2, 0) is 6.54 Å². The van der Waals surface area contributed by atoms with Crippen molar-refractivity contribution in [2.75, 3.05) is 11.9 Å². The summed E-state index contributed by atoms with van der Waals surface area (Å²) in [5.41, 5.74) is 2.90. The van der Waals surface area contributed by atoms with Crippen molar-refractivity contribution in [2.24, 2.45) is 0 Å². The smallest absolute Gasteiger partial charge is 0.146 e. The van der Waals surface area contributed by atoms with Crippen LogP contribution in [-0.4, -0.2) is 17.0 Å². The summed E-state index contributed by atoms with van der Waals surface area (Å²) in [5, 5.41) is 8.94. The van der Waals surface area contributed by atoms with Crippen molar-refractivity contribution in [3.05, 3.63) is 53.0 Å². The molecule has 0 aliphatic carbocycles. The molecule has 0 saturated carbocycles. The summed E-state index contributed by atoms with van der Waals surface area (Å²) in [5.74, 6) is 1.39. The number of nitriles is 1. The molecule has 0 unspecified atom stereocenters. The first-order valence-electron chi connectivity index (χ1n) is 6.11. The van der Waals surface area contributed by atoms with Crippen molar-refractivity contribution in [3.8, 4) is 6.07 Å². The predicted molar refractivity (Wildman–Crippen MR) is 74.8 cm³/mol. The lowest BCUT2D eigenvalue weighted by atomic mass is 10.1. The van der Waals surface area contributed by atoms with Gasteiger partial charge in [-0.1, -0.05) is 24.3 Å². The molecule has 0 atom stereocenters. The number of anilines is 1. The number of hydrogen-bond acceptors (Lipinski definition) is 4. The Morgan fingerprint density at radius 2 is 1.95 bits per heavy atom. The highest BCUT2D eigenvalue weighted by Crippen LogP contribution is 2.16. The molecule has 2 aromatic rings. The van der Waals surface area contributed by atoms with E-state index in [1.165, 1.54) is 11.1 Å². The number of nitrogens with zero attached hydrogens (tertiary/aromatic N) is 4. The second-order valence-corrected chi connectivity index (χ2v) is 4.55. The highest BCUT2D eigenvalue weighted by atomic mass is 15.2. The van der Waals surface area contributed by atoms with Crippen LogP contribution in [0.1, 0.15) is 22.6 Å².